The molecule has 2 atom stereocenters. The zero-order chi connectivity index (χ0) is 18.1. The molecule has 0 fully saturated rings. The fourth-order valence-corrected chi connectivity index (χ4v) is 3.50. The van der Waals surface area contributed by atoms with Crippen molar-refractivity contribution in [3.05, 3.63) is 64.9 Å². The molecule has 0 saturated heterocycles. The third-order valence-corrected chi connectivity index (χ3v) is 4.95. The Hall–Kier alpha value is -2.73. The molecule has 1 aromatic heterocycles. The summed E-state index contributed by atoms with van der Waals surface area (Å²) >= 11 is 6.03. The summed E-state index contributed by atoms with van der Waals surface area (Å²) in [4.78, 5) is 4.36. The first-order valence-electron chi connectivity index (χ1n) is 8.33. The summed E-state index contributed by atoms with van der Waals surface area (Å²) in [7, 11) is 3.27. The van der Waals surface area contributed by atoms with E-state index in [0.717, 1.165) is 28.5 Å². The van der Waals surface area contributed by atoms with Crippen LogP contribution < -0.4 is 14.8 Å². The Morgan fingerprint density at radius 2 is 1.77 bits per heavy atom. The number of nitrogens with zero attached hydrogens (tertiary/aromatic N) is 3. The maximum Gasteiger partial charge on any atom is 0.222 e. The molecule has 4 rings (SSSR count). The van der Waals surface area contributed by atoms with Gasteiger partial charge >= 0.3 is 0 Å². The number of hydrogen-bond donors (Lipinski definition) is 1. The van der Waals surface area contributed by atoms with E-state index in [-0.39, 0.29) is 12.1 Å². The number of rotatable bonds is 4. The first-order chi connectivity index (χ1) is 12.7. The summed E-state index contributed by atoms with van der Waals surface area (Å²) in [6, 6.07) is 14.0. The van der Waals surface area contributed by atoms with E-state index in [4.69, 9.17) is 21.1 Å². The van der Waals surface area contributed by atoms with Gasteiger partial charge in [-0.1, -0.05) is 29.8 Å². The lowest BCUT2D eigenvalue weighted by Gasteiger charge is -2.32. The fourth-order valence-electron chi connectivity index (χ4n) is 3.37. The zero-order valence-electron chi connectivity index (χ0n) is 14.5. The van der Waals surface area contributed by atoms with Gasteiger partial charge < -0.3 is 14.8 Å². The fraction of sp³-hybridized carbons (Fsp3) is 0.263. The summed E-state index contributed by atoms with van der Waals surface area (Å²) in [5, 5.41) is 8.58. The van der Waals surface area contributed by atoms with Crippen LogP contribution >= 0.6 is 11.6 Å². The number of benzene rings is 2. The largest absolute Gasteiger partial charge is 0.493 e. The molecular formula is C19H19ClN4O2. The highest BCUT2D eigenvalue weighted by molar-refractivity contribution is 6.30. The number of anilines is 1. The van der Waals surface area contributed by atoms with Crippen LogP contribution in [0.2, 0.25) is 5.02 Å². The van der Waals surface area contributed by atoms with Gasteiger partial charge in [0.25, 0.3) is 0 Å². The molecule has 1 aliphatic rings. The molecule has 7 heteroatoms. The van der Waals surface area contributed by atoms with E-state index in [0.29, 0.717) is 11.5 Å². The monoisotopic (exact) mass is 370 g/mol. The number of halogens is 1. The minimum Gasteiger partial charge on any atom is -0.493 e. The predicted octanol–water partition coefficient (Wildman–Crippen LogP) is 4.10. The molecule has 2 aromatic carbocycles. The van der Waals surface area contributed by atoms with Crippen molar-refractivity contribution in [2.24, 2.45) is 0 Å². The van der Waals surface area contributed by atoms with Crippen molar-refractivity contribution in [1.29, 1.82) is 0 Å². The number of nitrogens with one attached hydrogen (secondary N) is 1. The van der Waals surface area contributed by atoms with Gasteiger partial charge in [0.1, 0.15) is 6.33 Å². The van der Waals surface area contributed by atoms with Gasteiger partial charge in [-0.25, -0.2) is 4.68 Å². The standard InChI is InChI=1S/C19H19ClN4O2/c1-25-17-8-5-13(9-18(17)26-2)16-10-15(12-3-6-14(20)7-4-12)23-19-21-11-22-24(16)19/h3-9,11,15-16H,10H2,1-2H3,(H,21,22,23)/t15-,16+/m0/s1. The quantitative estimate of drug-likeness (QED) is 0.749. The van der Waals surface area contributed by atoms with Crippen LogP contribution in [-0.2, 0) is 0 Å². The smallest absolute Gasteiger partial charge is 0.222 e. The molecule has 1 N–H and O–H groups in total. The lowest BCUT2D eigenvalue weighted by atomic mass is 9.93. The van der Waals surface area contributed by atoms with E-state index in [1.807, 2.05) is 47.1 Å². The molecule has 1 aliphatic heterocycles. The molecule has 0 saturated carbocycles. The van der Waals surface area contributed by atoms with Gasteiger partial charge in [0, 0.05) is 5.02 Å². The third kappa shape index (κ3) is 2.97. The average Bonchev–Trinajstić information content (AvgIpc) is 3.16. The molecule has 0 unspecified atom stereocenters. The molecule has 3 aromatic rings. The summed E-state index contributed by atoms with van der Waals surface area (Å²) in [6.45, 7) is 0. The Bertz CT molecular complexity index is 910. The van der Waals surface area contributed by atoms with E-state index < -0.39 is 0 Å². The number of aromatic nitrogens is 3. The minimum absolute atomic E-state index is 0.0363. The van der Waals surface area contributed by atoms with Crippen molar-refractivity contribution in [2.75, 3.05) is 19.5 Å². The molecule has 0 amide bonds. The molecule has 2 heterocycles. The predicted molar refractivity (Wildman–Crippen MR) is 100 cm³/mol. The molecule has 134 valence electrons. The molecule has 0 radical (unpaired) electrons. The maximum atomic E-state index is 6.03. The van der Waals surface area contributed by atoms with Crippen molar-refractivity contribution in [3.8, 4) is 11.5 Å². The third-order valence-electron chi connectivity index (χ3n) is 4.70. The van der Waals surface area contributed by atoms with Gasteiger partial charge in [-0.05, 0) is 41.8 Å². The van der Waals surface area contributed by atoms with E-state index >= 15 is 0 Å². The topological polar surface area (TPSA) is 61.2 Å². The lowest BCUT2D eigenvalue weighted by molar-refractivity contribution is 0.352. The molecule has 0 bridgehead atoms. The number of methoxy groups -OCH3 is 2. The normalized spacial score (nSPS) is 18.7. The van der Waals surface area contributed by atoms with E-state index in [9.17, 15) is 0 Å². The van der Waals surface area contributed by atoms with Crippen molar-refractivity contribution in [3.63, 3.8) is 0 Å². The van der Waals surface area contributed by atoms with Gasteiger partial charge in [-0.15, -0.1) is 0 Å². The summed E-state index contributed by atoms with van der Waals surface area (Å²) < 4.78 is 12.7. The molecule has 0 aliphatic carbocycles. The Labute approximate surface area is 156 Å². The van der Waals surface area contributed by atoms with Crippen molar-refractivity contribution >= 4 is 17.5 Å². The zero-order valence-corrected chi connectivity index (χ0v) is 15.3. The van der Waals surface area contributed by atoms with Gasteiger partial charge in [0.2, 0.25) is 5.95 Å². The van der Waals surface area contributed by atoms with Crippen LogP contribution in [0.15, 0.2) is 48.8 Å². The Kier molecular flexibility index (Phi) is 4.42. The maximum absolute atomic E-state index is 6.03. The molecule has 6 nitrogen and oxygen atoms in total. The van der Waals surface area contributed by atoms with Gasteiger partial charge in [-0.3, -0.25) is 0 Å². The number of ether oxygens (including phenoxy) is 2. The van der Waals surface area contributed by atoms with Crippen molar-refractivity contribution < 1.29 is 9.47 Å². The highest BCUT2D eigenvalue weighted by Crippen LogP contribution is 2.40. The highest BCUT2D eigenvalue weighted by Gasteiger charge is 2.30. The highest BCUT2D eigenvalue weighted by atomic mass is 35.5. The second-order valence-electron chi connectivity index (χ2n) is 6.14. The molecular weight excluding hydrogens is 352 g/mol. The second kappa shape index (κ2) is 6.88. The summed E-state index contributed by atoms with van der Waals surface area (Å²) in [5.41, 5.74) is 2.25. The van der Waals surface area contributed by atoms with Crippen LogP contribution in [0.4, 0.5) is 5.95 Å². The second-order valence-corrected chi connectivity index (χ2v) is 6.58. The van der Waals surface area contributed by atoms with E-state index in [2.05, 4.69) is 15.4 Å². The Balaban J connectivity index is 1.72. The number of hydrogen-bond acceptors (Lipinski definition) is 5. The first kappa shape index (κ1) is 16.7. The van der Waals surface area contributed by atoms with Gasteiger partial charge in [0.05, 0.1) is 26.3 Å². The van der Waals surface area contributed by atoms with Gasteiger partial charge in [-0.2, -0.15) is 10.1 Å². The summed E-state index contributed by atoms with van der Waals surface area (Å²) in [6.07, 6.45) is 2.40. The Morgan fingerprint density at radius 1 is 1.04 bits per heavy atom. The van der Waals surface area contributed by atoms with Crippen LogP contribution in [0.1, 0.15) is 29.6 Å². The van der Waals surface area contributed by atoms with Crippen LogP contribution in [0.3, 0.4) is 0 Å². The van der Waals surface area contributed by atoms with Crippen LogP contribution in [-0.4, -0.2) is 29.0 Å². The molecule has 0 spiro atoms. The van der Waals surface area contributed by atoms with Crippen molar-refractivity contribution in [2.45, 2.75) is 18.5 Å². The van der Waals surface area contributed by atoms with E-state index in [1.54, 1.807) is 20.5 Å². The number of fused-ring (bicyclic) bond motifs is 1. The first-order valence-corrected chi connectivity index (χ1v) is 8.71. The van der Waals surface area contributed by atoms with Crippen molar-refractivity contribution in [1.82, 2.24) is 14.8 Å². The summed E-state index contributed by atoms with van der Waals surface area (Å²) in [5.74, 6) is 2.16. The van der Waals surface area contributed by atoms with Crippen LogP contribution in [0, 0.1) is 0 Å². The van der Waals surface area contributed by atoms with Crippen LogP contribution in [0.5, 0.6) is 11.5 Å². The van der Waals surface area contributed by atoms with Gasteiger partial charge in [0.15, 0.2) is 11.5 Å². The van der Waals surface area contributed by atoms with Crippen LogP contribution in [0.25, 0.3) is 0 Å². The lowest BCUT2D eigenvalue weighted by Crippen LogP contribution is -2.28. The minimum atomic E-state index is 0.0363. The SMILES string of the molecule is COc1ccc([C@H]2C[C@@H](c3ccc(Cl)cc3)Nc3ncnn32)cc1OC. The average molecular weight is 371 g/mol. The Morgan fingerprint density at radius 3 is 2.50 bits per heavy atom. The molecule has 26 heavy (non-hydrogen) atoms. The van der Waals surface area contributed by atoms with E-state index in [1.165, 1.54) is 0 Å².